The number of hydrogen-bond donors (Lipinski definition) is 1. The highest BCUT2D eigenvalue weighted by molar-refractivity contribution is 7.90. The number of nitrogens with one attached hydrogen (secondary N) is 1. The van der Waals surface area contributed by atoms with Gasteiger partial charge < -0.3 is 9.47 Å². The van der Waals surface area contributed by atoms with Crippen molar-refractivity contribution in [3.8, 4) is 22.8 Å². The van der Waals surface area contributed by atoms with E-state index in [1.807, 2.05) is 0 Å². The van der Waals surface area contributed by atoms with Crippen molar-refractivity contribution in [2.75, 3.05) is 25.8 Å². The summed E-state index contributed by atoms with van der Waals surface area (Å²) in [5.74, 6) is 0.354. The van der Waals surface area contributed by atoms with Crippen molar-refractivity contribution >= 4 is 37.9 Å². The van der Waals surface area contributed by atoms with E-state index in [1.165, 1.54) is 14.2 Å². The van der Waals surface area contributed by atoms with Crippen LogP contribution in [0.5, 0.6) is 11.5 Å². The number of thiazole rings is 1. The van der Waals surface area contributed by atoms with Crippen LogP contribution in [-0.4, -0.2) is 44.7 Å². The highest BCUT2D eigenvalue weighted by Gasteiger charge is 2.20. The van der Waals surface area contributed by atoms with Crippen molar-refractivity contribution in [2.24, 2.45) is 0 Å². The Bertz CT molecular complexity index is 1270. The monoisotopic (exact) mass is 463 g/mol. The number of ether oxygens (including phenoxy) is 2. The molecule has 0 unspecified atom stereocenters. The molecule has 1 heterocycles. The van der Waals surface area contributed by atoms with Crippen molar-refractivity contribution in [3.05, 3.63) is 57.5 Å². The Morgan fingerprint density at radius 2 is 1.84 bits per heavy atom. The summed E-state index contributed by atoms with van der Waals surface area (Å²) in [6.07, 6.45) is 0.907. The van der Waals surface area contributed by atoms with Crippen LogP contribution in [0.2, 0.25) is 0 Å². The van der Waals surface area contributed by atoms with Crippen LogP contribution >= 0.6 is 11.3 Å². The molecule has 0 fully saturated rings. The number of amides is 1. The normalized spacial score (nSPS) is 11.1. The van der Waals surface area contributed by atoms with Gasteiger partial charge >= 0.3 is 0 Å². The molecule has 0 aliphatic carbocycles. The molecule has 0 saturated heterocycles. The lowest BCUT2D eigenvalue weighted by Crippen LogP contribution is -2.13. The smallest absolute Gasteiger partial charge is 0.271 e. The third-order valence-corrected chi connectivity index (χ3v) is 6.05. The van der Waals surface area contributed by atoms with Crippen LogP contribution in [0.3, 0.4) is 0 Å². The molecule has 12 heteroatoms. The van der Waals surface area contributed by atoms with Crippen molar-refractivity contribution in [2.45, 2.75) is 4.90 Å². The zero-order chi connectivity index (χ0) is 22.8. The fourth-order valence-electron chi connectivity index (χ4n) is 2.66. The fraction of sp³-hybridized carbons (Fsp3) is 0.158. The molecule has 1 aromatic heterocycles. The molecule has 3 rings (SSSR count). The average molecular weight is 463 g/mol. The number of sulfone groups is 1. The predicted octanol–water partition coefficient (Wildman–Crippen LogP) is 3.39. The summed E-state index contributed by atoms with van der Waals surface area (Å²) < 4.78 is 34.1. The lowest BCUT2D eigenvalue weighted by atomic mass is 10.1. The van der Waals surface area contributed by atoms with E-state index in [-0.39, 0.29) is 15.6 Å². The van der Waals surface area contributed by atoms with Crippen LogP contribution in [0.15, 0.2) is 46.7 Å². The van der Waals surface area contributed by atoms with Gasteiger partial charge in [0.25, 0.3) is 11.6 Å². The minimum atomic E-state index is -3.75. The van der Waals surface area contributed by atoms with E-state index < -0.39 is 26.4 Å². The zero-order valence-electron chi connectivity index (χ0n) is 16.6. The number of rotatable bonds is 7. The second kappa shape index (κ2) is 8.70. The Hall–Kier alpha value is -3.51. The van der Waals surface area contributed by atoms with Crippen molar-refractivity contribution in [1.82, 2.24) is 4.98 Å². The lowest BCUT2D eigenvalue weighted by Gasteiger charge is -2.08. The van der Waals surface area contributed by atoms with Gasteiger partial charge in [0, 0.05) is 34.9 Å². The zero-order valence-corrected chi connectivity index (χ0v) is 18.2. The predicted molar refractivity (Wildman–Crippen MR) is 115 cm³/mol. The summed E-state index contributed by atoms with van der Waals surface area (Å²) in [4.78, 5) is 27.0. The summed E-state index contributed by atoms with van der Waals surface area (Å²) in [7, 11) is -0.715. The van der Waals surface area contributed by atoms with E-state index in [1.54, 1.807) is 23.6 Å². The number of nitrogens with zero attached hydrogens (tertiary/aromatic N) is 2. The maximum Gasteiger partial charge on any atom is 0.271 e. The summed E-state index contributed by atoms with van der Waals surface area (Å²) in [5, 5.41) is 15.6. The number of nitro groups is 1. The summed E-state index contributed by atoms with van der Waals surface area (Å²) in [6.45, 7) is 0. The second-order valence-corrected chi connectivity index (χ2v) is 9.18. The topological polar surface area (TPSA) is 138 Å². The van der Waals surface area contributed by atoms with E-state index in [9.17, 15) is 23.3 Å². The number of methoxy groups -OCH3 is 2. The summed E-state index contributed by atoms with van der Waals surface area (Å²) in [5.41, 5.74) is 0.622. The molecule has 3 aromatic rings. The van der Waals surface area contributed by atoms with Gasteiger partial charge in [-0.15, -0.1) is 11.3 Å². The van der Waals surface area contributed by atoms with Gasteiger partial charge in [0.05, 0.1) is 29.7 Å². The van der Waals surface area contributed by atoms with Crippen LogP contribution in [0.4, 0.5) is 10.8 Å². The minimum absolute atomic E-state index is 0.169. The molecule has 162 valence electrons. The lowest BCUT2D eigenvalue weighted by molar-refractivity contribution is -0.385. The van der Waals surface area contributed by atoms with Crippen molar-refractivity contribution < 1.29 is 27.6 Å². The number of carbonyl (C=O) groups is 1. The first kappa shape index (κ1) is 22.2. The van der Waals surface area contributed by atoms with E-state index in [4.69, 9.17) is 9.47 Å². The molecule has 2 aromatic carbocycles. The Morgan fingerprint density at radius 3 is 2.45 bits per heavy atom. The minimum Gasteiger partial charge on any atom is -0.493 e. The van der Waals surface area contributed by atoms with Crippen molar-refractivity contribution in [3.63, 3.8) is 0 Å². The Morgan fingerprint density at radius 1 is 1.13 bits per heavy atom. The molecule has 0 bridgehead atoms. The van der Waals surface area contributed by atoms with E-state index in [2.05, 4.69) is 10.3 Å². The Balaban J connectivity index is 1.88. The fourth-order valence-corrected chi connectivity index (χ4v) is 4.05. The average Bonchev–Trinajstić information content (AvgIpc) is 3.20. The van der Waals surface area contributed by atoms with Gasteiger partial charge in [-0.2, -0.15) is 0 Å². The molecule has 0 atom stereocenters. The molecular formula is C19H17N3O7S2. The third kappa shape index (κ3) is 4.98. The maximum atomic E-state index is 12.6. The second-order valence-electron chi connectivity index (χ2n) is 6.31. The molecule has 0 aliphatic heterocycles. The molecule has 31 heavy (non-hydrogen) atoms. The molecule has 0 aliphatic rings. The van der Waals surface area contributed by atoms with E-state index in [0.29, 0.717) is 17.2 Å². The van der Waals surface area contributed by atoms with Crippen LogP contribution in [0.25, 0.3) is 11.3 Å². The van der Waals surface area contributed by atoms with Gasteiger partial charge in [-0.3, -0.25) is 20.2 Å². The van der Waals surface area contributed by atoms with Gasteiger partial charge in [-0.1, -0.05) is 0 Å². The van der Waals surface area contributed by atoms with E-state index in [0.717, 1.165) is 41.4 Å². The van der Waals surface area contributed by atoms with Gasteiger partial charge in [0.2, 0.25) is 0 Å². The number of carbonyl (C=O) groups excluding carboxylic acids is 1. The van der Waals surface area contributed by atoms with Gasteiger partial charge in [0.15, 0.2) is 26.5 Å². The number of hydrogen-bond acceptors (Lipinski definition) is 9. The maximum absolute atomic E-state index is 12.6. The van der Waals surface area contributed by atoms with Crippen molar-refractivity contribution in [1.29, 1.82) is 0 Å². The first-order valence-electron chi connectivity index (χ1n) is 8.61. The standard InChI is InChI=1S/C19H17N3O7S2/c1-28-16-5-4-11(8-17(16)29-2)15-10-30-19(20-15)21-18(23)12-6-13(22(24)25)9-14(7-12)31(3,26)27/h4-10H,1-3H3,(H,20,21,23). The van der Waals surface area contributed by atoms with Crippen LogP contribution in [0.1, 0.15) is 10.4 Å². The number of aromatic nitrogens is 1. The van der Waals surface area contributed by atoms with Crippen LogP contribution in [0, 0.1) is 10.1 Å². The molecule has 1 N–H and O–H groups in total. The molecule has 0 spiro atoms. The highest BCUT2D eigenvalue weighted by Crippen LogP contribution is 2.33. The SMILES string of the molecule is COc1ccc(-c2csc(NC(=O)c3cc([N+](=O)[O-])cc(S(C)(=O)=O)c3)n2)cc1OC. The summed E-state index contributed by atoms with van der Waals surface area (Å²) >= 11 is 1.14. The first-order valence-corrected chi connectivity index (χ1v) is 11.4. The largest absolute Gasteiger partial charge is 0.493 e. The molecule has 0 radical (unpaired) electrons. The van der Waals surface area contributed by atoms with Gasteiger partial charge in [0.1, 0.15) is 0 Å². The molecule has 10 nitrogen and oxygen atoms in total. The molecular weight excluding hydrogens is 446 g/mol. The van der Waals surface area contributed by atoms with Crippen LogP contribution in [-0.2, 0) is 9.84 Å². The van der Waals surface area contributed by atoms with Gasteiger partial charge in [-0.25, -0.2) is 13.4 Å². The summed E-state index contributed by atoms with van der Waals surface area (Å²) in [6, 6.07) is 8.24. The number of nitro benzene ring substituents is 1. The number of anilines is 1. The Labute approximate surface area is 181 Å². The van der Waals surface area contributed by atoms with E-state index >= 15 is 0 Å². The van der Waals surface area contributed by atoms with Crippen LogP contribution < -0.4 is 14.8 Å². The van der Waals surface area contributed by atoms with Gasteiger partial charge in [-0.05, 0) is 24.3 Å². The Kier molecular flexibility index (Phi) is 6.22. The molecule has 1 amide bonds. The number of non-ortho nitro benzene ring substituents is 1. The first-order chi connectivity index (χ1) is 14.6. The number of benzene rings is 2. The molecule has 0 saturated carbocycles. The quantitative estimate of drug-likeness (QED) is 0.416. The highest BCUT2D eigenvalue weighted by atomic mass is 32.2. The third-order valence-electron chi connectivity index (χ3n) is 4.20.